The van der Waals surface area contributed by atoms with Crippen LogP contribution in [-0.4, -0.2) is 22.4 Å². The molecule has 1 aromatic heterocycles. The predicted octanol–water partition coefficient (Wildman–Crippen LogP) is 4.33. The summed E-state index contributed by atoms with van der Waals surface area (Å²) < 4.78 is 0. The van der Waals surface area contributed by atoms with Crippen molar-refractivity contribution in [3.63, 3.8) is 0 Å². The Kier molecular flexibility index (Phi) is 6.15. The molecule has 1 amide bonds. The van der Waals surface area contributed by atoms with Crippen molar-refractivity contribution in [1.29, 1.82) is 0 Å². The van der Waals surface area contributed by atoms with E-state index in [2.05, 4.69) is 27.5 Å². The van der Waals surface area contributed by atoms with E-state index < -0.39 is 0 Å². The molecule has 0 atom stereocenters. The van der Waals surface area contributed by atoms with Crippen LogP contribution in [0, 0.1) is 20.8 Å². The Balaban J connectivity index is 2.24. The van der Waals surface area contributed by atoms with Gasteiger partial charge in [-0.3, -0.25) is 4.79 Å². The summed E-state index contributed by atoms with van der Waals surface area (Å²) in [5, 5.41) is 6.61. The molecular formula is C18H23ClN4O. The van der Waals surface area contributed by atoms with Crippen LogP contribution in [-0.2, 0) is 0 Å². The number of nitrogens with one attached hydrogen (secondary N) is 2. The van der Waals surface area contributed by atoms with Crippen molar-refractivity contribution in [3.8, 4) is 0 Å². The third-order valence-corrected chi connectivity index (χ3v) is 3.87. The maximum atomic E-state index is 12.2. The molecule has 2 N–H and O–H groups in total. The van der Waals surface area contributed by atoms with Crippen LogP contribution in [0.15, 0.2) is 18.2 Å². The summed E-state index contributed by atoms with van der Waals surface area (Å²) in [6.45, 7) is 8.51. The highest BCUT2D eigenvalue weighted by molar-refractivity contribution is 6.33. The lowest BCUT2D eigenvalue weighted by Crippen LogP contribution is -2.25. The number of aryl methyl sites for hydroxylation is 3. The van der Waals surface area contributed by atoms with E-state index in [0.29, 0.717) is 28.9 Å². The van der Waals surface area contributed by atoms with E-state index in [1.54, 1.807) is 6.07 Å². The lowest BCUT2D eigenvalue weighted by Gasteiger charge is -2.13. The highest BCUT2D eigenvalue weighted by Crippen LogP contribution is 2.29. The summed E-state index contributed by atoms with van der Waals surface area (Å²) in [5.74, 6) is 0.174. The van der Waals surface area contributed by atoms with E-state index in [0.717, 1.165) is 29.7 Å². The van der Waals surface area contributed by atoms with Gasteiger partial charge in [0.15, 0.2) is 0 Å². The van der Waals surface area contributed by atoms with Crippen molar-refractivity contribution in [1.82, 2.24) is 15.3 Å². The number of hydrogen-bond acceptors (Lipinski definition) is 4. The topological polar surface area (TPSA) is 66.9 Å². The number of benzene rings is 1. The molecule has 0 aliphatic heterocycles. The number of carbonyl (C=O) groups is 1. The van der Waals surface area contributed by atoms with Gasteiger partial charge in [0.2, 0.25) is 5.95 Å². The van der Waals surface area contributed by atoms with Crippen molar-refractivity contribution in [2.45, 2.75) is 40.5 Å². The number of carbonyl (C=O) groups excluding carboxylic acids is 1. The Bertz CT molecular complexity index is 723. The molecule has 24 heavy (non-hydrogen) atoms. The first kappa shape index (κ1) is 18.2. The fraction of sp³-hybridized carbons (Fsp3) is 0.389. The number of aromatic nitrogens is 2. The molecule has 0 fully saturated rings. The van der Waals surface area contributed by atoms with Gasteiger partial charge in [-0.25, -0.2) is 9.97 Å². The summed E-state index contributed by atoms with van der Waals surface area (Å²) in [6, 6.07) is 5.59. The van der Waals surface area contributed by atoms with E-state index in [-0.39, 0.29) is 5.91 Å². The van der Waals surface area contributed by atoms with Crippen LogP contribution in [0.25, 0.3) is 0 Å². The van der Waals surface area contributed by atoms with Crippen molar-refractivity contribution in [2.24, 2.45) is 0 Å². The van der Waals surface area contributed by atoms with E-state index in [1.807, 2.05) is 32.9 Å². The number of nitrogens with zero attached hydrogens (tertiary/aromatic N) is 2. The molecule has 0 saturated carbocycles. The van der Waals surface area contributed by atoms with Crippen LogP contribution >= 0.6 is 11.6 Å². The predicted molar refractivity (Wildman–Crippen MR) is 98.2 cm³/mol. The molecule has 1 aromatic carbocycles. The zero-order chi connectivity index (χ0) is 17.7. The molecule has 128 valence electrons. The first-order valence-electron chi connectivity index (χ1n) is 8.08. The molecule has 1 heterocycles. The lowest BCUT2D eigenvalue weighted by molar-refractivity contribution is 0.0948. The van der Waals surface area contributed by atoms with Crippen molar-refractivity contribution < 1.29 is 4.79 Å². The summed E-state index contributed by atoms with van der Waals surface area (Å²) in [7, 11) is 0. The van der Waals surface area contributed by atoms with Gasteiger partial charge in [0.1, 0.15) is 5.69 Å². The number of rotatable bonds is 6. The third-order valence-electron chi connectivity index (χ3n) is 3.57. The second-order valence-electron chi connectivity index (χ2n) is 5.89. The first-order valence-corrected chi connectivity index (χ1v) is 8.46. The average molecular weight is 347 g/mol. The monoisotopic (exact) mass is 346 g/mol. The molecule has 0 aliphatic carbocycles. The Labute approximate surface area is 147 Å². The van der Waals surface area contributed by atoms with Gasteiger partial charge >= 0.3 is 0 Å². The fourth-order valence-corrected chi connectivity index (χ4v) is 2.76. The van der Waals surface area contributed by atoms with Crippen LogP contribution in [0.1, 0.15) is 47.1 Å². The van der Waals surface area contributed by atoms with Gasteiger partial charge in [-0.05, 0) is 50.5 Å². The zero-order valence-electron chi connectivity index (χ0n) is 14.5. The smallest absolute Gasteiger partial charge is 0.270 e. The highest BCUT2D eigenvalue weighted by Gasteiger charge is 2.12. The molecule has 2 rings (SSSR count). The first-order chi connectivity index (χ1) is 11.4. The maximum absolute atomic E-state index is 12.2. The summed E-state index contributed by atoms with van der Waals surface area (Å²) in [6.07, 6.45) is 1.97. The average Bonchev–Trinajstić information content (AvgIpc) is 2.50. The van der Waals surface area contributed by atoms with Crippen molar-refractivity contribution >= 4 is 29.1 Å². The molecule has 0 radical (unpaired) electrons. The number of unbranched alkanes of at least 4 members (excludes halogenated alkanes) is 1. The molecule has 6 heteroatoms. The Morgan fingerprint density at radius 2 is 1.92 bits per heavy atom. The summed E-state index contributed by atoms with van der Waals surface area (Å²) in [4.78, 5) is 20.9. The molecule has 0 unspecified atom stereocenters. The summed E-state index contributed by atoms with van der Waals surface area (Å²) >= 11 is 6.31. The Morgan fingerprint density at radius 1 is 1.17 bits per heavy atom. The van der Waals surface area contributed by atoms with E-state index >= 15 is 0 Å². The molecule has 0 bridgehead atoms. The van der Waals surface area contributed by atoms with Crippen LogP contribution in [0.2, 0.25) is 5.02 Å². The molecule has 0 saturated heterocycles. The minimum atomic E-state index is -0.191. The Hall–Kier alpha value is -2.14. The van der Waals surface area contributed by atoms with E-state index in [9.17, 15) is 4.79 Å². The number of amides is 1. The van der Waals surface area contributed by atoms with Gasteiger partial charge in [0.25, 0.3) is 5.91 Å². The van der Waals surface area contributed by atoms with E-state index in [4.69, 9.17) is 11.6 Å². The number of anilines is 2. The van der Waals surface area contributed by atoms with Gasteiger partial charge in [0.05, 0.1) is 10.7 Å². The standard InChI is InChI=1S/C18H23ClN4O/c1-5-6-7-20-17(24)15-10-13(4)21-18(22-15)23-16-12(3)8-11(2)9-14(16)19/h8-10H,5-7H2,1-4H3,(H,20,24)(H,21,22,23). The van der Waals surface area contributed by atoms with Crippen LogP contribution in [0.5, 0.6) is 0 Å². The molecule has 0 aliphatic rings. The highest BCUT2D eigenvalue weighted by atomic mass is 35.5. The van der Waals surface area contributed by atoms with E-state index in [1.165, 1.54) is 0 Å². The number of hydrogen-bond donors (Lipinski definition) is 2. The third kappa shape index (κ3) is 4.68. The summed E-state index contributed by atoms with van der Waals surface area (Å²) in [5.41, 5.74) is 3.91. The molecule has 5 nitrogen and oxygen atoms in total. The SMILES string of the molecule is CCCCNC(=O)c1cc(C)nc(Nc2c(C)cc(C)cc2Cl)n1. The van der Waals surface area contributed by atoms with Crippen molar-refractivity contribution in [2.75, 3.05) is 11.9 Å². The minimum absolute atomic E-state index is 0.191. The second-order valence-corrected chi connectivity index (χ2v) is 6.30. The second kappa shape index (κ2) is 8.11. The van der Waals surface area contributed by atoms with Crippen LogP contribution < -0.4 is 10.6 Å². The van der Waals surface area contributed by atoms with Crippen molar-refractivity contribution in [3.05, 3.63) is 45.7 Å². The van der Waals surface area contributed by atoms with Gasteiger partial charge in [-0.2, -0.15) is 0 Å². The minimum Gasteiger partial charge on any atom is -0.351 e. The van der Waals surface area contributed by atoms with Crippen LogP contribution in [0.4, 0.5) is 11.6 Å². The molecular weight excluding hydrogens is 324 g/mol. The normalized spacial score (nSPS) is 10.5. The Morgan fingerprint density at radius 3 is 2.58 bits per heavy atom. The lowest BCUT2D eigenvalue weighted by atomic mass is 10.1. The fourth-order valence-electron chi connectivity index (χ4n) is 2.40. The maximum Gasteiger partial charge on any atom is 0.270 e. The molecule has 2 aromatic rings. The quantitative estimate of drug-likeness (QED) is 0.764. The van der Waals surface area contributed by atoms with Crippen LogP contribution in [0.3, 0.4) is 0 Å². The van der Waals surface area contributed by atoms with Gasteiger partial charge in [-0.15, -0.1) is 0 Å². The molecule has 0 spiro atoms. The van der Waals surface area contributed by atoms with Gasteiger partial charge in [0, 0.05) is 12.2 Å². The zero-order valence-corrected chi connectivity index (χ0v) is 15.3. The number of halogens is 1. The van der Waals surface area contributed by atoms with Gasteiger partial charge < -0.3 is 10.6 Å². The largest absolute Gasteiger partial charge is 0.351 e. The van der Waals surface area contributed by atoms with Gasteiger partial charge in [-0.1, -0.05) is 31.0 Å².